The van der Waals surface area contributed by atoms with Crippen LogP contribution in [0.3, 0.4) is 0 Å². The summed E-state index contributed by atoms with van der Waals surface area (Å²) in [6.07, 6.45) is 8.90. The van der Waals surface area contributed by atoms with Crippen LogP contribution in [0.2, 0.25) is 0 Å². The topological polar surface area (TPSA) is 119 Å². The van der Waals surface area contributed by atoms with E-state index < -0.39 is 21.9 Å². The van der Waals surface area contributed by atoms with Crippen LogP contribution in [0.15, 0.2) is 57.8 Å². The predicted molar refractivity (Wildman–Crippen MR) is 149 cm³/mol. The predicted octanol–water partition coefficient (Wildman–Crippen LogP) is 6.13. The number of pyridine rings is 1. The van der Waals surface area contributed by atoms with E-state index in [-0.39, 0.29) is 6.04 Å². The van der Waals surface area contributed by atoms with Crippen molar-refractivity contribution < 1.29 is 22.9 Å². The van der Waals surface area contributed by atoms with E-state index in [9.17, 15) is 4.55 Å². The molecular weight excluding hydrogens is 516 g/mol. The highest BCUT2D eigenvalue weighted by molar-refractivity contribution is 7.90. The van der Waals surface area contributed by atoms with Crippen molar-refractivity contribution in [2.24, 2.45) is 0 Å². The average Bonchev–Trinajstić information content (AvgIpc) is 3.69. The van der Waals surface area contributed by atoms with Crippen molar-refractivity contribution >= 4 is 22.3 Å². The Balaban J connectivity index is 1.25. The highest BCUT2D eigenvalue weighted by Crippen LogP contribution is 2.36. The normalized spacial score (nSPS) is 17.1. The molecule has 4 heterocycles. The molecule has 1 aliphatic rings. The number of aryl methyl sites for hydroxylation is 1. The first kappa shape index (κ1) is 27.8. The highest BCUT2D eigenvalue weighted by atomic mass is 32.2. The third-order valence-corrected chi connectivity index (χ3v) is 8.36. The minimum Gasteiger partial charge on any atom is -0.598 e. The molecule has 10 heteroatoms. The van der Waals surface area contributed by atoms with Gasteiger partial charge in [-0.2, -0.15) is 0 Å². The molecule has 0 aliphatic carbocycles. The van der Waals surface area contributed by atoms with Crippen molar-refractivity contribution in [1.82, 2.24) is 19.7 Å². The summed E-state index contributed by atoms with van der Waals surface area (Å²) in [6, 6.07) is 9.81. The Hall–Kier alpha value is -2.76. The highest BCUT2D eigenvalue weighted by Gasteiger charge is 2.42. The first-order valence-electron chi connectivity index (χ1n) is 13.4. The SMILES string of the molecule is Cc1ccc2cc(-c3cnc([C@H](CCCCCC4(c5ncco5)OCCO4)N[S@+]([O-])C(C)(C)C)o3)ccc2n1. The number of rotatable bonds is 11. The summed E-state index contributed by atoms with van der Waals surface area (Å²) in [6.45, 7) is 8.86. The molecule has 39 heavy (non-hydrogen) atoms. The van der Waals surface area contributed by atoms with Gasteiger partial charge < -0.3 is 22.9 Å². The molecular formula is C29H36N4O5S. The number of oxazole rings is 2. The minimum atomic E-state index is -1.28. The van der Waals surface area contributed by atoms with Crippen molar-refractivity contribution in [3.05, 3.63) is 66.5 Å². The van der Waals surface area contributed by atoms with E-state index >= 15 is 0 Å². The third kappa shape index (κ3) is 6.53. The fraction of sp³-hybridized carbons (Fsp3) is 0.483. The Morgan fingerprint density at radius 1 is 1.08 bits per heavy atom. The second kappa shape index (κ2) is 11.8. The molecule has 0 unspecified atom stereocenters. The number of nitrogens with one attached hydrogen (secondary N) is 1. The molecule has 9 nitrogen and oxygen atoms in total. The molecule has 3 aromatic heterocycles. The molecule has 0 amide bonds. The molecule has 1 saturated heterocycles. The van der Waals surface area contributed by atoms with Gasteiger partial charge in [-0.1, -0.05) is 18.9 Å². The number of hydrogen-bond acceptors (Lipinski definition) is 9. The number of aromatic nitrogens is 3. The molecule has 1 aromatic carbocycles. The van der Waals surface area contributed by atoms with Crippen molar-refractivity contribution in [3.8, 4) is 11.3 Å². The van der Waals surface area contributed by atoms with Crippen molar-refractivity contribution in [3.63, 3.8) is 0 Å². The molecule has 4 aromatic rings. The Morgan fingerprint density at radius 2 is 1.90 bits per heavy atom. The van der Waals surface area contributed by atoms with Gasteiger partial charge in [-0.05, 0) is 64.8 Å². The summed E-state index contributed by atoms with van der Waals surface area (Å²) in [4.78, 5) is 13.4. The zero-order chi connectivity index (χ0) is 27.5. The van der Waals surface area contributed by atoms with Gasteiger partial charge in [0.15, 0.2) is 5.76 Å². The van der Waals surface area contributed by atoms with Gasteiger partial charge in [-0.3, -0.25) is 4.98 Å². The van der Waals surface area contributed by atoms with E-state index in [1.165, 1.54) is 6.26 Å². The number of unbranched alkanes of at least 4 members (excludes halogenated alkanes) is 2. The Bertz CT molecular complexity index is 1360. The fourth-order valence-electron chi connectivity index (χ4n) is 4.63. The summed E-state index contributed by atoms with van der Waals surface area (Å²) in [5.41, 5.74) is 2.85. The molecule has 0 bridgehead atoms. The number of nitrogens with zero attached hydrogens (tertiary/aromatic N) is 3. The van der Waals surface area contributed by atoms with Gasteiger partial charge in [0.05, 0.1) is 31.1 Å². The molecule has 0 spiro atoms. The van der Waals surface area contributed by atoms with E-state index in [1.807, 2.05) is 45.9 Å². The lowest BCUT2D eigenvalue weighted by Crippen LogP contribution is -2.41. The molecule has 0 saturated carbocycles. The van der Waals surface area contributed by atoms with E-state index in [0.29, 0.717) is 37.2 Å². The maximum atomic E-state index is 13.0. The van der Waals surface area contributed by atoms with E-state index in [0.717, 1.165) is 47.8 Å². The lowest BCUT2D eigenvalue weighted by molar-refractivity contribution is -0.187. The number of ether oxygens (including phenoxy) is 2. The second-order valence-electron chi connectivity index (χ2n) is 10.9. The minimum absolute atomic E-state index is 0.289. The first-order chi connectivity index (χ1) is 18.7. The summed E-state index contributed by atoms with van der Waals surface area (Å²) in [5, 5.41) is 1.04. The molecule has 1 N–H and O–H groups in total. The number of benzene rings is 1. The van der Waals surface area contributed by atoms with Gasteiger partial charge in [0.25, 0.3) is 5.89 Å². The molecule has 5 rings (SSSR count). The van der Waals surface area contributed by atoms with Crippen molar-refractivity contribution in [2.75, 3.05) is 13.2 Å². The van der Waals surface area contributed by atoms with Crippen LogP contribution in [-0.2, 0) is 26.6 Å². The molecule has 2 atom stereocenters. The summed E-state index contributed by atoms with van der Waals surface area (Å²) >= 11 is -1.28. The van der Waals surface area contributed by atoms with E-state index in [1.54, 1.807) is 12.4 Å². The monoisotopic (exact) mass is 552 g/mol. The van der Waals surface area contributed by atoms with Crippen LogP contribution in [0.4, 0.5) is 0 Å². The van der Waals surface area contributed by atoms with Gasteiger partial charge in [0, 0.05) is 34.4 Å². The Morgan fingerprint density at radius 3 is 2.64 bits per heavy atom. The van der Waals surface area contributed by atoms with Crippen LogP contribution >= 0.6 is 0 Å². The Kier molecular flexibility index (Phi) is 8.39. The molecule has 1 aliphatic heterocycles. The summed E-state index contributed by atoms with van der Waals surface area (Å²) in [5.74, 6) is 0.764. The smallest absolute Gasteiger partial charge is 0.255 e. The van der Waals surface area contributed by atoms with Gasteiger partial charge in [0.2, 0.25) is 11.7 Å². The summed E-state index contributed by atoms with van der Waals surface area (Å²) < 4.78 is 39.4. The quantitative estimate of drug-likeness (QED) is 0.173. The maximum absolute atomic E-state index is 13.0. The van der Waals surface area contributed by atoms with Crippen LogP contribution in [0.1, 0.15) is 76.4 Å². The summed E-state index contributed by atoms with van der Waals surface area (Å²) in [7, 11) is 0. The Labute approximate surface area is 232 Å². The van der Waals surface area contributed by atoms with Crippen LogP contribution in [0.5, 0.6) is 0 Å². The zero-order valence-corrected chi connectivity index (χ0v) is 23.8. The first-order valence-corrected chi connectivity index (χ1v) is 14.6. The van der Waals surface area contributed by atoms with Crippen LogP contribution in [0.25, 0.3) is 22.2 Å². The third-order valence-electron chi connectivity index (χ3n) is 6.75. The number of fused-ring (bicyclic) bond motifs is 1. The van der Waals surface area contributed by atoms with Crippen LogP contribution < -0.4 is 4.72 Å². The standard InChI is InChI=1S/C29H36N4O5S/c1-20-9-10-21-18-22(11-12-23(21)32-20)25-19-31-26(38-25)24(33-39(34)28(2,3)4)8-6-5-7-13-29(36-16-17-37-29)27-30-14-15-35-27/h9-12,14-15,18-19,24,33H,5-8,13,16-17H2,1-4H3/t24-,39+/m0/s1. The van der Waals surface area contributed by atoms with Gasteiger partial charge in [-0.15, -0.1) is 4.72 Å². The lowest BCUT2D eigenvalue weighted by Gasteiger charge is -2.27. The van der Waals surface area contributed by atoms with Gasteiger partial charge in [0.1, 0.15) is 17.1 Å². The fourth-order valence-corrected chi connectivity index (χ4v) is 5.46. The largest absolute Gasteiger partial charge is 0.598 e. The van der Waals surface area contributed by atoms with E-state index in [4.69, 9.17) is 18.3 Å². The molecule has 208 valence electrons. The average molecular weight is 553 g/mol. The maximum Gasteiger partial charge on any atom is 0.255 e. The van der Waals surface area contributed by atoms with E-state index in [2.05, 4.69) is 31.8 Å². The number of hydrogen-bond donors (Lipinski definition) is 1. The molecule has 0 radical (unpaired) electrons. The van der Waals surface area contributed by atoms with Gasteiger partial charge >= 0.3 is 0 Å². The van der Waals surface area contributed by atoms with Crippen LogP contribution in [-0.4, -0.2) is 37.5 Å². The van der Waals surface area contributed by atoms with Crippen LogP contribution in [0, 0.1) is 6.92 Å². The van der Waals surface area contributed by atoms with Gasteiger partial charge in [-0.25, -0.2) is 9.97 Å². The molecule has 1 fully saturated rings. The second-order valence-corrected chi connectivity index (χ2v) is 12.9. The van der Waals surface area contributed by atoms with Crippen molar-refractivity contribution in [1.29, 1.82) is 0 Å². The van der Waals surface area contributed by atoms with Crippen molar-refractivity contribution in [2.45, 2.75) is 76.4 Å². The lowest BCUT2D eigenvalue weighted by atomic mass is 10.0. The zero-order valence-electron chi connectivity index (χ0n) is 22.9.